The van der Waals surface area contributed by atoms with Crippen LogP contribution < -0.4 is 15.0 Å². The Hall–Kier alpha value is -2.39. The minimum Gasteiger partial charge on any atom is -0.493 e. The number of aromatic amines is 1. The molecule has 1 aromatic heterocycles. The van der Waals surface area contributed by atoms with Gasteiger partial charge in [-0.15, -0.1) is 0 Å². The van der Waals surface area contributed by atoms with Gasteiger partial charge < -0.3 is 34.9 Å². The van der Waals surface area contributed by atoms with Crippen LogP contribution in [0.5, 0.6) is 5.75 Å². The van der Waals surface area contributed by atoms with Gasteiger partial charge in [0.25, 0.3) is 5.56 Å². The molecule has 3 rings (SSSR count). The van der Waals surface area contributed by atoms with Crippen LogP contribution in [0.25, 0.3) is 11.4 Å². The standard InChI is InChI=1S/C21H29N3O9S/c1-4-7-32-14-6-5-12(8-13(14)19-22-11(3)10(2)20(28)23-19)34(30,31)24-16-18(27)17(26)15(9-25)33-21(16)29/h5-6,8,15-18,21,24-27,29H,4,7,9H2,1-3H3,(H,22,23,28). The molecule has 0 aliphatic carbocycles. The number of benzene rings is 1. The number of nitrogens with zero attached hydrogens (tertiary/aromatic N) is 1. The summed E-state index contributed by atoms with van der Waals surface area (Å²) in [6.07, 6.45) is -5.80. The number of nitrogens with one attached hydrogen (secondary N) is 2. The highest BCUT2D eigenvalue weighted by Gasteiger charge is 2.45. The first-order valence-corrected chi connectivity index (χ1v) is 12.2. The molecule has 6 N–H and O–H groups in total. The molecule has 1 aliphatic rings. The molecule has 1 fully saturated rings. The Morgan fingerprint density at radius 2 is 1.91 bits per heavy atom. The number of H-pyrrole nitrogens is 1. The Balaban J connectivity index is 2.01. The largest absolute Gasteiger partial charge is 0.493 e. The van der Waals surface area contributed by atoms with Crippen molar-refractivity contribution in [1.82, 2.24) is 14.7 Å². The lowest BCUT2D eigenvalue weighted by atomic mass is 9.98. The molecule has 0 saturated carbocycles. The van der Waals surface area contributed by atoms with Gasteiger partial charge in [0, 0.05) is 11.3 Å². The van der Waals surface area contributed by atoms with Gasteiger partial charge in [-0.2, -0.15) is 0 Å². The lowest BCUT2D eigenvalue weighted by Crippen LogP contribution is -2.64. The second-order valence-corrected chi connectivity index (χ2v) is 9.72. The van der Waals surface area contributed by atoms with Crippen LogP contribution in [0.15, 0.2) is 27.9 Å². The van der Waals surface area contributed by atoms with Gasteiger partial charge in [-0.25, -0.2) is 18.1 Å². The molecule has 0 radical (unpaired) electrons. The smallest absolute Gasteiger partial charge is 0.254 e. The molecule has 5 atom stereocenters. The summed E-state index contributed by atoms with van der Waals surface area (Å²) in [6, 6.07) is 2.30. The van der Waals surface area contributed by atoms with Crippen LogP contribution in [0.4, 0.5) is 0 Å². The van der Waals surface area contributed by atoms with Crippen molar-refractivity contribution in [2.24, 2.45) is 0 Å². The van der Waals surface area contributed by atoms with E-state index < -0.39 is 47.3 Å². The van der Waals surface area contributed by atoms with Crippen LogP contribution in [-0.2, 0) is 14.8 Å². The zero-order valence-corrected chi connectivity index (χ0v) is 19.7. The topological polar surface area (TPSA) is 191 Å². The second kappa shape index (κ2) is 10.5. The average molecular weight is 500 g/mol. The van der Waals surface area contributed by atoms with Gasteiger partial charge in [-0.05, 0) is 38.5 Å². The zero-order valence-electron chi connectivity index (χ0n) is 18.9. The SMILES string of the molecule is CCCOc1ccc(S(=O)(=O)NC2C(O)OC(CO)C(O)C2O)cc1-c1nc(C)c(C)c(=O)[nH]1. The van der Waals surface area contributed by atoms with Gasteiger partial charge in [-0.1, -0.05) is 6.92 Å². The van der Waals surface area contributed by atoms with Gasteiger partial charge in [-0.3, -0.25) is 4.79 Å². The summed E-state index contributed by atoms with van der Waals surface area (Å²) in [5.74, 6) is 0.410. The van der Waals surface area contributed by atoms with Gasteiger partial charge in [0.05, 0.1) is 23.7 Å². The molecular weight excluding hydrogens is 470 g/mol. The molecule has 13 heteroatoms. The molecule has 0 bridgehead atoms. The molecule has 34 heavy (non-hydrogen) atoms. The third-order valence-corrected chi connectivity index (χ3v) is 7.02. The van der Waals surface area contributed by atoms with Crippen LogP contribution in [0.2, 0.25) is 0 Å². The molecule has 1 aromatic carbocycles. The van der Waals surface area contributed by atoms with E-state index in [0.29, 0.717) is 30.0 Å². The van der Waals surface area contributed by atoms with Crippen molar-refractivity contribution >= 4 is 10.0 Å². The highest BCUT2D eigenvalue weighted by atomic mass is 32.2. The first-order valence-electron chi connectivity index (χ1n) is 10.7. The maximum atomic E-state index is 13.1. The van der Waals surface area contributed by atoms with Crippen molar-refractivity contribution in [2.75, 3.05) is 13.2 Å². The van der Waals surface area contributed by atoms with Gasteiger partial charge in [0.2, 0.25) is 10.0 Å². The number of ether oxygens (including phenoxy) is 2. The fraction of sp³-hybridized carbons (Fsp3) is 0.524. The molecule has 188 valence electrons. The second-order valence-electron chi connectivity index (χ2n) is 8.01. The Labute approximate surface area is 196 Å². The van der Waals surface area contributed by atoms with Crippen molar-refractivity contribution in [1.29, 1.82) is 0 Å². The minimum atomic E-state index is -4.37. The van der Waals surface area contributed by atoms with Crippen LogP contribution >= 0.6 is 0 Å². The molecule has 12 nitrogen and oxygen atoms in total. The summed E-state index contributed by atoms with van der Waals surface area (Å²) in [5.41, 5.74) is 0.723. The van der Waals surface area contributed by atoms with Crippen molar-refractivity contribution in [3.63, 3.8) is 0 Å². The maximum Gasteiger partial charge on any atom is 0.254 e. The van der Waals surface area contributed by atoms with E-state index in [0.717, 1.165) is 0 Å². The molecule has 2 heterocycles. The van der Waals surface area contributed by atoms with Crippen LogP contribution in [-0.4, -0.2) is 82.7 Å². The van der Waals surface area contributed by atoms with Gasteiger partial charge in [0.1, 0.15) is 35.9 Å². The van der Waals surface area contributed by atoms with E-state index in [4.69, 9.17) is 9.47 Å². The first-order chi connectivity index (χ1) is 16.0. The van der Waals surface area contributed by atoms with Crippen molar-refractivity contribution in [3.05, 3.63) is 39.8 Å². The monoisotopic (exact) mass is 499 g/mol. The van der Waals surface area contributed by atoms with E-state index >= 15 is 0 Å². The van der Waals surface area contributed by atoms with E-state index in [1.165, 1.54) is 18.2 Å². The summed E-state index contributed by atoms with van der Waals surface area (Å²) >= 11 is 0. The molecular formula is C21H29N3O9S. The Morgan fingerprint density at radius 1 is 1.21 bits per heavy atom. The molecule has 1 aliphatic heterocycles. The van der Waals surface area contributed by atoms with Crippen molar-refractivity contribution < 1.29 is 38.3 Å². The lowest BCUT2D eigenvalue weighted by Gasteiger charge is -2.40. The summed E-state index contributed by atoms with van der Waals surface area (Å²) in [7, 11) is -4.37. The number of aliphatic hydroxyl groups excluding tert-OH is 4. The fourth-order valence-corrected chi connectivity index (χ4v) is 4.71. The molecule has 2 aromatic rings. The van der Waals surface area contributed by atoms with E-state index in [9.17, 15) is 33.6 Å². The van der Waals surface area contributed by atoms with Crippen molar-refractivity contribution in [3.8, 4) is 17.1 Å². The number of hydrogen-bond acceptors (Lipinski definition) is 10. The third kappa shape index (κ3) is 5.30. The summed E-state index contributed by atoms with van der Waals surface area (Å²) < 4.78 is 39.0. The zero-order chi connectivity index (χ0) is 25.2. The van der Waals surface area contributed by atoms with E-state index in [1.54, 1.807) is 13.8 Å². The first kappa shape index (κ1) is 26.2. The number of sulfonamides is 1. The lowest BCUT2D eigenvalue weighted by molar-refractivity contribution is -0.251. The van der Waals surface area contributed by atoms with Crippen molar-refractivity contribution in [2.45, 2.75) is 62.7 Å². The number of rotatable bonds is 8. The third-order valence-electron chi connectivity index (χ3n) is 5.56. The Morgan fingerprint density at radius 3 is 2.53 bits per heavy atom. The Kier molecular flexibility index (Phi) is 8.08. The number of aliphatic hydroxyl groups is 4. The molecule has 5 unspecified atom stereocenters. The molecule has 0 amide bonds. The average Bonchev–Trinajstić information content (AvgIpc) is 2.80. The molecule has 1 saturated heterocycles. The highest BCUT2D eigenvalue weighted by Crippen LogP contribution is 2.31. The van der Waals surface area contributed by atoms with E-state index in [-0.39, 0.29) is 21.8 Å². The maximum absolute atomic E-state index is 13.1. The summed E-state index contributed by atoms with van der Waals surface area (Å²) in [6.45, 7) is 4.83. The normalized spacial score (nSPS) is 25.3. The van der Waals surface area contributed by atoms with Gasteiger partial charge >= 0.3 is 0 Å². The van der Waals surface area contributed by atoms with Crippen LogP contribution in [0.1, 0.15) is 24.6 Å². The minimum absolute atomic E-state index is 0.110. The van der Waals surface area contributed by atoms with E-state index in [1.807, 2.05) is 6.92 Å². The number of aromatic nitrogens is 2. The predicted molar refractivity (Wildman–Crippen MR) is 120 cm³/mol. The quantitative estimate of drug-likeness (QED) is 0.260. The van der Waals surface area contributed by atoms with Crippen LogP contribution in [0.3, 0.4) is 0 Å². The highest BCUT2D eigenvalue weighted by molar-refractivity contribution is 7.89. The molecule has 0 spiro atoms. The Bertz CT molecular complexity index is 1180. The predicted octanol–water partition coefficient (Wildman–Crippen LogP) is -1.08. The van der Waals surface area contributed by atoms with E-state index in [2.05, 4.69) is 14.7 Å². The summed E-state index contributed by atoms with van der Waals surface area (Å²) in [4.78, 5) is 19.0. The number of aryl methyl sites for hydroxylation is 1. The fourth-order valence-electron chi connectivity index (χ4n) is 3.44. The number of hydrogen-bond donors (Lipinski definition) is 6. The van der Waals surface area contributed by atoms with Gasteiger partial charge in [0.15, 0.2) is 6.29 Å². The van der Waals surface area contributed by atoms with Crippen LogP contribution in [0, 0.1) is 13.8 Å². The summed E-state index contributed by atoms with van der Waals surface area (Å²) in [5, 5.41) is 39.6.